The standard InChI is InChI=1S/C17H24N4O6/c1-10(22)15(17(27)20-9-14(24)25)21-13(23)8-19-16(26)12(18)7-11-5-3-2-4-6-11/h2-6,10,12,15,22H,7-9,18H2,1H3,(H,19,26)(H,20,27)(H,21,23)(H,24,25). The Morgan fingerprint density at radius 1 is 1.04 bits per heavy atom. The number of benzene rings is 1. The van der Waals surface area contributed by atoms with Gasteiger partial charge in [0.2, 0.25) is 17.7 Å². The van der Waals surface area contributed by atoms with Crippen LogP contribution in [0.3, 0.4) is 0 Å². The number of carbonyl (C=O) groups excluding carboxylic acids is 3. The van der Waals surface area contributed by atoms with E-state index < -0.39 is 55.0 Å². The maximum Gasteiger partial charge on any atom is 0.322 e. The minimum absolute atomic E-state index is 0.294. The van der Waals surface area contributed by atoms with E-state index in [9.17, 15) is 24.3 Å². The van der Waals surface area contributed by atoms with Gasteiger partial charge in [-0.1, -0.05) is 30.3 Å². The first-order chi connectivity index (χ1) is 12.7. The van der Waals surface area contributed by atoms with Gasteiger partial charge in [0.05, 0.1) is 18.7 Å². The second-order valence-corrected chi connectivity index (χ2v) is 5.91. The van der Waals surface area contributed by atoms with Crippen LogP contribution < -0.4 is 21.7 Å². The van der Waals surface area contributed by atoms with Crippen molar-refractivity contribution in [2.45, 2.75) is 31.5 Å². The highest BCUT2D eigenvalue weighted by Crippen LogP contribution is 2.01. The van der Waals surface area contributed by atoms with Gasteiger partial charge in [0.25, 0.3) is 0 Å². The molecule has 27 heavy (non-hydrogen) atoms. The summed E-state index contributed by atoms with van der Waals surface area (Å²) < 4.78 is 0. The number of amides is 3. The number of aliphatic hydroxyl groups excluding tert-OH is 1. The Balaban J connectivity index is 2.47. The lowest BCUT2D eigenvalue weighted by atomic mass is 10.1. The smallest absolute Gasteiger partial charge is 0.322 e. The number of carboxylic acid groups (broad SMARTS) is 1. The molecule has 0 saturated carbocycles. The molecule has 0 fully saturated rings. The van der Waals surface area contributed by atoms with Crippen LogP contribution >= 0.6 is 0 Å². The molecule has 0 heterocycles. The Labute approximate surface area is 156 Å². The number of hydrogen-bond acceptors (Lipinski definition) is 6. The molecule has 3 unspecified atom stereocenters. The fraction of sp³-hybridized carbons (Fsp3) is 0.412. The van der Waals surface area contributed by atoms with Gasteiger partial charge in [0, 0.05) is 0 Å². The van der Waals surface area contributed by atoms with Crippen molar-refractivity contribution in [2.75, 3.05) is 13.1 Å². The van der Waals surface area contributed by atoms with Crippen molar-refractivity contribution >= 4 is 23.7 Å². The lowest BCUT2D eigenvalue weighted by molar-refractivity contribution is -0.139. The van der Waals surface area contributed by atoms with Gasteiger partial charge in [-0.3, -0.25) is 19.2 Å². The van der Waals surface area contributed by atoms with E-state index in [0.29, 0.717) is 6.42 Å². The molecule has 3 atom stereocenters. The molecule has 3 amide bonds. The summed E-state index contributed by atoms with van der Waals surface area (Å²) in [7, 11) is 0. The van der Waals surface area contributed by atoms with Gasteiger partial charge >= 0.3 is 5.97 Å². The lowest BCUT2D eigenvalue weighted by Crippen LogP contribution is -2.55. The minimum atomic E-state index is -1.35. The van der Waals surface area contributed by atoms with Gasteiger partial charge in [0.15, 0.2) is 0 Å². The lowest BCUT2D eigenvalue weighted by Gasteiger charge is -2.20. The zero-order valence-corrected chi connectivity index (χ0v) is 14.8. The molecule has 0 radical (unpaired) electrons. The summed E-state index contributed by atoms with van der Waals surface area (Å²) >= 11 is 0. The molecule has 1 rings (SSSR count). The maximum atomic E-state index is 12.0. The number of hydrogen-bond donors (Lipinski definition) is 6. The van der Waals surface area contributed by atoms with Crippen molar-refractivity contribution in [1.82, 2.24) is 16.0 Å². The summed E-state index contributed by atoms with van der Waals surface area (Å²) in [6.45, 7) is 0.166. The molecular formula is C17H24N4O6. The van der Waals surface area contributed by atoms with Crippen molar-refractivity contribution in [3.8, 4) is 0 Å². The summed E-state index contributed by atoms with van der Waals surface area (Å²) in [6, 6.07) is 6.91. The molecule has 1 aromatic carbocycles. The van der Waals surface area contributed by atoms with Crippen LogP contribution in [0.2, 0.25) is 0 Å². The zero-order valence-electron chi connectivity index (χ0n) is 14.8. The van der Waals surface area contributed by atoms with Gasteiger partial charge < -0.3 is 31.9 Å². The van der Waals surface area contributed by atoms with Crippen LogP contribution in [0, 0.1) is 0 Å². The molecule has 0 aromatic heterocycles. The highest BCUT2D eigenvalue weighted by atomic mass is 16.4. The Morgan fingerprint density at radius 3 is 2.19 bits per heavy atom. The maximum absolute atomic E-state index is 12.0. The van der Waals surface area contributed by atoms with Crippen LogP contribution in [0.1, 0.15) is 12.5 Å². The molecule has 10 nitrogen and oxygen atoms in total. The summed E-state index contributed by atoms with van der Waals surface area (Å²) in [5, 5.41) is 24.8. The molecule has 0 saturated heterocycles. The monoisotopic (exact) mass is 380 g/mol. The van der Waals surface area contributed by atoms with E-state index in [1.54, 1.807) is 0 Å². The Bertz CT molecular complexity index is 665. The number of nitrogens with two attached hydrogens (primary N) is 1. The second kappa shape index (κ2) is 10.9. The molecule has 0 spiro atoms. The molecular weight excluding hydrogens is 356 g/mol. The Morgan fingerprint density at radius 2 is 1.63 bits per heavy atom. The van der Waals surface area contributed by atoms with Gasteiger partial charge in [-0.2, -0.15) is 0 Å². The van der Waals surface area contributed by atoms with Gasteiger partial charge in [-0.25, -0.2) is 0 Å². The van der Waals surface area contributed by atoms with Crippen LogP contribution in [0.25, 0.3) is 0 Å². The van der Waals surface area contributed by atoms with Crippen LogP contribution in [0.15, 0.2) is 30.3 Å². The SMILES string of the molecule is CC(O)C(NC(=O)CNC(=O)C(N)Cc1ccccc1)C(=O)NCC(=O)O. The van der Waals surface area contributed by atoms with E-state index in [1.807, 2.05) is 30.3 Å². The van der Waals surface area contributed by atoms with Crippen molar-refractivity contribution < 1.29 is 29.4 Å². The summed E-state index contributed by atoms with van der Waals surface area (Å²) in [5.74, 6) is -3.39. The van der Waals surface area contributed by atoms with Crippen LogP contribution in [-0.4, -0.2) is 65.2 Å². The van der Waals surface area contributed by atoms with E-state index in [2.05, 4.69) is 16.0 Å². The summed E-state index contributed by atoms with van der Waals surface area (Å²) in [4.78, 5) is 46.2. The number of carbonyl (C=O) groups is 4. The molecule has 7 N–H and O–H groups in total. The minimum Gasteiger partial charge on any atom is -0.480 e. The van der Waals surface area contributed by atoms with Gasteiger partial charge in [0.1, 0.15) is 12.6 Å². The third-order valence-electron chi connectivity index (χ3n) is 3.55. The third-order valence-corrected chi connectivity index (χ3v) is 3.55. The first-order valence-electron chi connectivity index (χ1n) is 8.25. The zero-order chi connectivity index (χ0) is 20.4. The first kappa shape index (κ1) is 22.1. The van der Waals surface area contributed by atoms with Crippen LogP contribution in [-0.2, 0) is 25.6 Å². The average Bonchev–Trinajstić information content (AvgIpc) is 2.62. The van der Waals surface area contributed by atoms with Crippen molar-refractivity contribution in [1.29, 1.82) is 0 Å². The molecule has 0 bridgehead atoms. The van der Waals surface area contributed by atoms with Gasteiger partial charge in [-0.05, 0) is 18.9 Å². The largest absolute Gasteiger partial charge is 0.480 e. The van der Waals surface area contributed by atoms with Crippen LogP contribution in [0.4, 0.5) is 0 Å². The van der Waals surface area contributed by atoms with E-state index in [4.69, 9.17) is 10.8 Å². The van der Waals surface area contributed by atoms with E-state index in [1.165, 1.54) is 6.92 Å². The Hall–Kier alpha value is -2.98. The molecule has 10 heteroatoms. The van der Waals surface area contributed by atoms with E-state index in [0.717, 1.165) is 5.56 Å². The van der Waals surface area contributed by atoms with E-state index >= 15 is 0 Å². The predicted molar refractivity (Wildman–Crippen MR) is 95.4 cm³/mol. The number of carboxylic acids is 1. The normalized spacial score (nSPS) is 13.7. The molecule has 0 aliphatic rings. The summed E-state index contributed by atoms with van der Waals surface area (Å²) in [6.07, 6.45) is -0.971. The average molecular weight is 380 g/mol. The number of nitrogens with one attached hydrogen (secondary N) is 3. The topological polar surface area (TPSA) is 171 Å². The molecule has 148 valence electrons. The second-order valence-electron chi connectivity index (χ2n) is 5.91. The Kier molecular flexibility index (Phi) is 8.90. The molecule has 0 aliphatic heterocycles. The van der Waals surface area contributed by atoms with Crippen LogP contribution in [0.5, 0.6) is 0 Å². The van der Waals surface area contributed by atoms with Crippen molar-refractivity contribution in [3.63, 3.8) is 0 Å². The number of rotatable bonds is 10. The third kappa shape index (κ3) is 8.29. The number of aliphatic carboxylic acids is 1. The summed E-state index contributed by atoms with van der Waals surface area (Å²) in [5.41, 5.74) is 6.67. The highest BCUT2D eigenvalue weighted by molar-refractivity contribution is 5.92. The van der Waals surface area contributed by atoms with Crippen molar-refractivity contribution in [2.24, 2.45) is 5.73 Å². The quantitative estimate of drug-likeness (QED) is 0.266. The van der Waals surface area contributed by atoms with E-state index in [-0.39, 0.29) is 0 Å². The molecule has 0 aliphatic carbocycles. The fourth-order valence-electron chi connectivity index (χ4n) is 2.16. The van der Waals surface area contributed by atoms with Gasteiger partial charge in [-0.15, -0.1) is 0 Å². The molecule has 1 aromatic rings. The predicted octanol–water partition coefficient (Wildman–Crippen LogP) is -2.26. The van der Waals surface area contributed by atoms with Crippen molar-refractivity contribution in [3.05, 3.63) is 35.9 Å². The fourth-order valence-corrected chi connectivity index (χ4v) is 2.16. The first-order valence-corrected chi connectivity index (χ1v) is 8.25. The highest BCUT2D eigenvalue weighted by Gasteiger charge is 2.26. The number of aliphatic hydroxyl groups is 1.